The number of hydrogen-bond donors (Lipinski definition) is 1. The minimum atomic E-state index is -4.16. The first-order valence-electron chi connectivity index (χ1n) is 5.99. The van der Waals surface area contributed by atoms with E-state index in [4.69, 9.17) is 17.3 Å². The second-order valence-electron chi connectivity index (χ2n) is 4.70. The Morgan fingerprint density at radius 3 is 2.21 bits per heavy atom. The van der Waals surface area contributed by atoms with Crippen LogP contribution < -0.4 is 5.73 Å². The fourth-order valence-corrected chi connectivity index (χ4v) is 2.19. The number of nitrogens with two attached hydrogens (primary N) is 1. The summed E-state index contributed by atoms with van der Waals surface area (Å²) in [6.45, 7) is 1.70. The number of rotatable bonds is 5. The highest BCUT2D eigenvalue weighted by molar-refractivity contribution is 6.30. The SMILES string of the molecule is CC(N)C(c1ccc(Cl)cc1)N(C)CCC(F)(F)F. The van der Waals surface area contributed by atoms with Crippen molar-refractivity contribution in [2.75, 3.05) is 13.6 Å². The Morgan fingerprint density at radius 1 is 1.26 bits per heavy atom. The molecule has 0 radical (unpaired) electrons. The Hall–Kier alpha value is -0.780. The number of alkyl halides is 3. The van der Waals surface area contributed by atoms with E-state index in [0.717, 1.165) is 5.56 Å². The predicted molar refractivity (Wildman–Crippen MR) is 71.1 cm³/mol. The maximum absolute atomic E-state index is 12.3. The van der Waals surface area contributed by atoms with Crippen molar-refractivity contribution in [3.05, 3.63) is 34.9 Å². The van der Waals surface area contributed by atoms with E-state index in [9.17, 15) is 13.2 Å². The van der Waals surface area contributed by atoms with Crippen molar-refractivity contribution >= 4 is 11.6 Å². The van der Waals surface area contributed by atoms with E-state index >= 15 is 0 Å². The largest absolute Gasteiger partial charge is 0.390 e. The minimum Gasteiger partial charge on any atom is -0.326 e. The lowest BCUT2D eigenvalue weighted by molar-refractivity contribution is -0.138. The summed E-state index contributed by atoms with van der Waals surface area (Å²) in [6, 6.07) is 6.47. The second-order valence-corrected chi connectivity index (χ2v) is 5.14. The van der Waals surface area contributed by atoms with Gasteiger partial charge in [0, 0.05) is 23.7 Å². The van der Waals surface area contributed by atoms with Crippen LogP contribution in [0.15, 0.2) is 24.3 Å². The topological polar surface area (TPSA) is 29.3 Å². The Balaban J connectivity index is 2.80. The highest BCUT2D eigenvalue weighted by Gasteiger charge is 2.29. The summed E-state index contributed by atoms with van der Waals surface area (Å²) in [5, 5.41) is 0.588. The molecule has 0 fully saturated rings. The Morgan fingerprint density at radius 2 is 1.79 bits per heavy atom. The molecule has 0 aliphatic carbocycles. The standard InChI is InChI=1S/C13H18ClF3N2/c1-9(18)12(10-3-5-11(14)6-4-10)19(2)8-7-13(15,16)17/h3-6,9,12H,7-8,18H2,1-2H3. The summed E-state index contributed by atoms with van der Waals surface area (Å²) in [4.78, 5) is 1.63. The first-order chi connectivity index (χ1) is 8.70. The van der Waals surface area contributed by atoms with Crippen LogP contribution in [-0.4, -0.2) is 30.7 Å². The van der Waals surface area contributed by atoms with Gasteiger partial charge in [-0.15, -0.1) is 0 Å². The Bertz CT molecular complexity index is 390. The number of hydrogen-bond acceptors (Lipinski definition) is 2. The van der Waals surface area contributed by atoms with E-state index in [1.54, 1.807) is 43.1 Å². The van der Waals surface area contributed by atoms with Gasteiger partial charge >= 0.3 is 6.18 Å². The molecule has 0 heterocycles. The van der Waals surface area contributed by atoms with Gasteiger partial charge in [-0.2, -0.15) is 13.2 Å². The molecule has 2 atom stereocenters. The predicted octanol–water partition coefficient (Wildman–Crippen LogP) is 3.61. The van der Waals surface area contributed by atoms with Gasteiger partial charge < -0.3 is 5.73 Å². The molecule has 0 spiro atoms. The number of halogens is 4. The van der Waals surface area contributed by atoms with Gasteiger partial charge in [0.2, 0.25) is 0 Å². The molecule has 0 aliphatic rings. The van der Waals surface area contributed by atoms with Crippen LogP contribution in [-0.2, 0) is 0 Å². The van der Waals surface area contributed by atoms with Crippen LogP contribution in [0.25, 0.3) is 0 Å². The van der Waals surface area contributed by atoms with E-state index in [2.05, 4.69) is 0 Å². The zero-order valence-corrected chi connectivity index (χ0v) is 11.7. The number of benzene rings is 1. The third kappa shape index (κ3) is 5.38. The number of nitrogens with zero attached hydrogens (tertiary/aromatic N) is 1. The maximum atomic E-state index is 12.3. The summed E-state index contributed by atoms with van der Waals surface area (Å²) >= 11 is 5.80. The van der Waals surface area contributed by atoms with Crippen molar-refractivity contribution in [2.24, 2.45) is 5.73 Å². The summed E-state index contributed by atoms with van der Waals surface area (Å²) < 4.78 is 36.8. The normalized spacial score (nSPS) is 15.6. The monoisotopic (exact) mass is 294 g/mol. The van der Waals surface area contributed by atoms with Crippen molar-refractivity contribution in [1.82, 2.24) is 4.90 Å². The van der Waals surface area contributed by atoms with Gasteiger partial charge in [-0.05, 0) is 31.7 Å². The molecule has 1 aromatic rings. The fraction of sp³-hybridized carbons (Fsp3) is 0.538. The molecule has 0 aromatic heterocycles. The Labute approximate surface area is 116 Å². The van der Waals surface area contributed by atoms with Gasteiger partial charge in [-0.25, -0.2) is 0 Å². The summed E-state index contributed by atoms with van der Waals surface area (Å²) in [5.41, 5.74) is 6.76. The third-order valence-electron chi connectivity index (χ3n) is 2.93. The molecule has 1 aromatic carbocycles. The van der Waals surface area contributed by atoms with Crippen molar-refractivity contribution in [3.63, 3.8) is 0 Å². The first kappa shape index (κ1) is 16.3. The lowest BCUT2D eigenvalue weighted by atomic mass is 9.99. The van der Waals surface area contributed by atoms with Crippen LogP contribution in [0.1, 0.15) is 24.9 Å². The van der Waals surface area contributed by atoms with Crippen LogP contribution >= 0.6 is 11.6 Å². The Kier molecular flexibility index (Phi) is 5.64. The van der Waals surface area contributed by atoms with E-state index in [-0.39, 0.29) is 18.6 Å². The average molecular weight is 295 g/mol. The van der Waals surface area contributed by atoms with Crippen LogP contribution in [0.3, 0.4) is 0 Å². The summed E-state index contributed by atoms with van der Waals surface area (Å²) in [7, 11) is 1.65. The molecule has 0 aliphatic heterocycles. The van der Waals surface area contributed by atoms with Crippen molar-refractivity contribution in [1.29, 1.82) is 0 Å². The third-order valence-corrected chi connectivity index (χ3v) is 3.18. The molecule has 2 unspecified atom stereocenters. The van der Waals surface area contributed by atoms with Gasteiger partial charge in [0.05, 0.1) is 6.42 Å². The molecule has 2 nitrogen and oxygen atoms in total. The molecule has 0 bridgehead atoms. The first-order valence-corrected chi connectivity index (χ1v) is 6.36. The highest BCUT2D eigenvalue weighted by atomic mass is 35.5. The molecule has 2 N–H and O–H groups in total. The lowest BCUT2D eigenvalue weighted by Crippen LogP contribution is -2.38. The van der Waals surface area contributed by atoms with Crippen molar-refractivity contribution < 1.29 is 13.2 Å². The maximum Gasteiger partial charge on any atom is 0.390 e. The zero-order valence-electron chi connectivity index (χ0n) is 10.9. The quantitative estimate of drug-likeness (QED) is 0.899. The van der Waals surface area contributed by atoms with E-state index in [1.165, 1.54) is 0 Å². The summed E-state index contributed by atoms with van der Waals surface area (Å²) in [5.74, 6) is 0. The van der Waals surface area contributed by atoms with Gasteiger partial charge in [-0.1, -0.05) is 23.7 Å². The van der Waals surface area contributed by atoms with Gasteiger partial charge in [0.1, 0.15) is 0 Å². The number of likely N-dealkylation sites (N-methyl/N-ethyl adjacent to an activating group) is 1. The van der Waals surface area contributed by atoms with Gasteiger partial charge in [0.25, 0.3) is 0 Å². The fourth-order valence-electron chi connectivity index (χ4n) is 2.06. The lowest BCUT2D eigenvalue weighted by Gasteiger charge is -2.31. The molecule has 19 heavy (non-hydrogen) atoms. The van der Waals surface area contributed by atoms with Crippen LogP contribution in [0.4, 0.5) is 13.2 Å². The van der Waals surface area contributed by atoms with Gasteiger partial charge in [0.15, 0.2) is 0 Å². The second kappa shape index (κ2) is 6.59. The van der Waals surface area contributed by atoms with E-state index in [0.29, 0.717) is 5.02 Å². The van der Waals surface area contributed by atoms with E-state index in [1.807, 2.05) is 0 Å². The van der Waals surface area contributed by atoms with Crippen LogP contribution in [0.2, 0.25) is 5.02 Å². The molecule has 0 amide bonds. The molecule has 108 valence electrons. The minimum absolute atomic E-state index is 0.0850. The molecular weight excluding hydrogens is 277 g/mol. The summed E-state index contributed by atoms with van der Waals surface area (Å²) in [6.07, 6.45) is -5.00. The molecule has 1 rings (SSSR count). The van der Waals surface area contributed by atoms with E-state index < -0.39 is 12.6 Å². The smallest absolute Gasteiger partial charge is 0.326 e. The molecule has 0 saturated carbocycles. The average Bonchev–Trinajstić information content (AvgIpc) is 2.28. The van der Waals surface area contributed by atoms with Gasteiger partial charge in [-0.3, -0.25) is 4.90 Å². The highest BCUT2D eigenvalue weighted by Crippen LogP contribution is 2.26. The molecule has 0 saturated heterocycles. The molecule has 6 heteroatoms. The van der Waals surface area contributed by atoms with Crippen LogP contribution in [0, 0.1) is 0 Å². The van der Waals surface area contributed by atoms with Crippen LogP contribution in [0.5, 0.6) is 0 Å². The van der Waals surface area contributed by atoms with Crippen molar-refractivity contribution in [3.8, 4) is 0 Å². The molecular formula is C13H18ClF3N2. The van der Waals surface area contributed by atoms with Crippen molar-refractivity contribution in [2.45, 2.75) is 31.6 Å². The zero-order chi connectivity index (χ0) is 14.6.